The summed E-state index contributed by atoms with van der Waals surface area (Å²) in [5, 5.41) is 9.61. The van der Waals surface area contributed by atoms with Gasteiger partial charge < -0.3 is 14.4 Å². The number of hydrogen-bond donors (Lipinski definition) is 1. The normalized spacial score (nSPS) is 12.0. The molecular formula is C15H20N2O3S. The number of thioether (sulfide) groups is 1. The van der Waals surface area contributed by atoms with Gasteiger partial charge in [0.1, 0.15) is 0 Å². The molecule has 114 valence electrons. The van der Waals surface area contributed by atoms with Gasteiger partial charge in [0.25, 0.3) is 0 Å². The molecule has 0 amide bonds. The molecule has 0 aliphatic rings. The minimum absolute atomic E-state index is 0.00419. The highest BCUT2D eigenvalue weighted by Gasteiger charge is 2.22. The van der Waals surface area contributed by atoms with E-state index in [2.05, 4.69) is 4.98 Å². The highest BCUT2D eigenvalue weighted by molar-refractivity contribution is 7.99. The lowest BCUT2D eigenvalue weighted by Crippen LogP contribution is -2.29. The molecule has 2 rings (SSSR count). The third kappa shape index (κ3) is 3.57. The van der Waals surface area contributed by atoms with Gasteiger partial charge in [-0.1, -0.05) is 23.9 Å². The van der Waals surface area contributed by atoms with E-state index in [9.17, 15) is 4.79 Å². The Labute approximate surface area is 128 Å². The SMILES string of the molecule is COC(C)(C)Cn1c(SCC(=O)O)nc2c(C)cccc21. The quantitative estimate of drug-likeness (QED) is 0.831. The molecule has 6 heteroatoms. The second kappa shape index (κ2) is 6.07. The number of carbonyl (C=O) groups is 1. The Hall–Kier alpha value is -1.53. The Morgan fingerprint density at radius 1 is 1.48 bits per heavy atom. The smallest absolute Gasteiger partial charge is 0.313 e. The summed E-state index contributed by atoms with van der Waals surface area (Å²) >= 11 is 1.24. The number of carboxylic acid groups (broad SMARTS) is 1. The Balaban J connectivity index is 2.49. The van der Waals surface area contributed by atoms with Gasteiger partial charge in [-0.3, -0.25) is 4.79 Å². The number of nitrogens with zero attached hydrogens (tertiary/aromatic N) is 2. The number of methoxy groups -OCH3 is 1. The molecule has 0 unspecified atom stereocenters. The summed E-state index contributed by atoms with van der Waals surface area (Å²) in [6.45, 7) is 6.62. The van der Waals surface area contributed by atoms with Crippen LogP contribution in [0.1, 0.15) is 19.4 Å². The van der Waals surface area contributed by atoms with E-state index in [1.165, 1.54) is 11.8 Å². The molecule has 5 nitrogen and oxygen atoms in total. The van der Waals surface area contributed by atoms with Crippen molar-refractivity contribution < 1.29 is 14.6 Å². The first-order valence-corrected chi connectivity index (χ1v) is 7.68. The van der Waals surface area contributed by atoms with Crippen molar-refractivity contribution in [2.45, 2.75) is 38.1 Å². The molecule has 1 aromatic carbocycles. The largest absolute Gasteiger partial charge is 0.481 e. The van der Waals surface area contributed by atoms with Crippen LogP contribution in [0.25, 0.3) is 11.0 Å². The maximum absolute atomic E-state index is 10.8. The van der Waals surface area contributed by atoms with Crippen molar-refractivity contribution in [3.63, 3.8) is 0 Å². The molecule has 1 heterocycles. The molecule has 0 saturated carbocycles. The number of aliphatic carboxylic acids is 1. The predicted octanol–water partition coefficient (Wildman–Crippen LogP) is 2.95. The predicted molar refractivity (Wildman–Crippen MR) is 83.9 cm³/mol. The second-order valence-electron chi connectivity index (χ2n) is 5.57. The van der Waals surface area contributed by atoms with Crippen LogP contribution in [0.3, 0.4) is 0 Å². The summed E-state index contributed by atoms with van der Waals surface area (Å²) in [6.07, 6.45) is 0. The molecule has 1 N–H and O–H groups in total. The highest BCUT2D eigenvalue weighted by atomic mass is 32.2. The molecule has 1 aromatic heterocycles. The van der Waals surface area contributed by atoms with Gasteiger partial charge in [0.2, 0.25) is 0 Å². The molecule has 0 saturated heterocycles. The number of aromatic nitrogens is 2. The van der Waals surface area contributed by atoms with E-state index < -0.39 is 5.97 Å². The van der Waals surface area contributed by atoms with Gasteiger partial charge in [-0.05, 0) is 32.4 Å². The maximum atomic E-state index is 10.8. The first-order chi connectivity index (χ1) is 9.84. The maximum Gasteiger partial charge on any atom is 0.313 e. The van der Waals surface area contributed by atoms with Crippen LogP contribution < -0.4 is 0 Å². The molecule has 0 radical (unpaired) electrons. The summed E-state index contributed by atoms with van der Waals surface area (Å²) in [4.78, 5) is 15.4. The van der Waals surface area contributed by atoms with Crippen molar-refractivity contribution in [1.82, 2.24) is 9.55 Å². The molecule has 0 fully saturated rings. The Morgan fingerprint density at radius 3 is 2.81 bits per heavy atom. The van der Waals surface area contributed by atoms with Crippen LogP contribution in [0.15, 0.2) is 23.4 Å². The summed E-state index contributed by atoms with van der Waals surface area (Å²) in [5.74, 6) is -0.850. The Morgan fingerprint density at radius 2 is 2.19 bits per heavy atom. The molecular weight excluding hydrogens is 288 g/mol. The van der Waals surface area contributed by atoms with E-state index in [0.717, 1.165) is 16.6 Å². The van der Waals surface area contributed by atoms with E-state index in [1.54, 1.807) is 7.11 Å². The van der Waals surface area contributed by atoms with Gasteiger partial charge in [-0.25, -0.2) is 4.98 Å². The molecule has 21 heavy (non-hydrogen) atoms. The summed E-state index contributed by atoms with van der Waals surface area (Å²) in [7, 11) is 1.68. The number of ether oxygens (including phenoxy) is 1. The first kappa shape index (κ1) is 15.9. The van der Waals surface area contributed by atoms with Crippen molar-refractivity contribution in [1.29, 1.82) is 0 Å². The van der Waals surface area contributed by atoms with Gasteiger partial charge >= 0.3 is 5.97 Å². The van der Waals surface area contributed by atoms with E-state index in [0.29, 0.717) is 11.7 Å². The van der Waals surface area contributed by atoms with Gasteiger partial charge in [-0.2, -0.15) is 0 Å². The van der Waals surface area contributed by atoms with Crippen LogP contribution >= 0.6 is 11.8 Å². The monoisotopic (exact) mass is 308 g/mol. The number of fused-ring (bicyclic) bond motifs is 1. The lowest BCUT2D eigenvalue weighted by Gasteiger charge is -2.24. The van der Waals surface area contributed by atoms with Crippen LogP contribution in [0.4, 0.5) is 0 Å². The van der Waals surface area contributed by atoms with Gasteiger partial charge in [-0.15, -0.1) is 0 Å². The molecule has 0 atom stereocenters. The van der Waals surface area contributed by atoms with E-state index in [1.807, 2.05) is 43.5 Å². The average Bonchev–Trinajstić information content (AvgIpc) is 2.76. The zero-order chi connectivity index (χ0) is 15.6. The minimum atomic E-state index is -0.846. The van der Waals surface area contributed by atoms with E-state index >= 15 is 0 Å². The zero-order valence-electron chi connectivity index (χ0n) is 12.7. The number of carboxylic acids is 1. The summed E-state index contributed by atoms with van der Waals surface area (Å²) < 4.78 is 7.54. The highest BCUT2D eigenvalue weighted by Crippen LogP contribution is 2.28. The second-order valence-corrected chi connectivity index (χ2v) is 6.51. The number of imidazole rings is 1. The fourth-order valence-electron chi connectivity index (χ4n) is 2.10. The van der Waals surface area contributed by atoms with Crippen LogP contribution in [-0.4, -0.2) is 39.1 Å². The Bertz CT molecular complexity index is 664. The van der Waals surface area contributed by atoms with Gasteiger partial charge in [0, 0.05) is 7.11 Å². The molecule has 0 aliphatic heterocycles. The summed E-state index contributed by atoms with van der Waals surface area (Å²) in [6, 6.07) is 6.00. The van der Waals surface area contributed by atoms with Crippen LogP contribution in [-0.2, 0) is 16.1 Å². The number of rotatable bonds is 6. The van der Waals surface area contributed by atoms with E-state index in [-0.39, 0.29) is 11.4 Å². The molecule has 0 bridgehead atoms. The molecule has 0 aliphatic carbocycles. The standard InChI is InChI=1S/C15H20N2O3S/c1-10-6-5-7-11-13(10)16-14(21-8-12(18)19)17(11)9-15(2,3)20-4/h5-7H,8-9H2,1-4H3,(H,18,19). The third-order valence-corrected chi connectivity index (χ3v) is 4.32. The topological polar surface area (TPSA) is 64.3 Å². The van der Waals surface area contributed by atoms with Crippen molar-refractivity contribution in [2.24, 2.45) is 0 Å². The van der Waals surface area contributed by atoms with Crippen molar-refractivity contribution in [3.05, 3.63) is 23.8 Å². The van der Waals surface area contributed by atoms with Crippen LogP contribution in [0.5, 0.6) is 0 Å². The molecule has 2 aromatic rings. The number of hydrogen-bond acceptors (Lipinski definition) is 4. The average molecular weight is 308 g/mol. The first-order valence-electron chi connectivity index (χ1n) is 6.69. The fourth-order valence-corrected chi connectivity index (χ4v) is 2.83. The van der Waals surface area contributed by atoms with E-state index in [4.69, 9.17) is 9.84 Å². The van der Waals surface area contributed by atoms with Crippen molar-refractivity contribution >= 4 is 28.8 Å². The number of benzene rings is 1. The Kier molecular flexibility index (Phi) is 4.58. The zero-order valence-corrected chi connectivity index (χ0v) is 13.5. The van der Waals surface area contributed by atoms with Crippen molar-refractivity contribution in [3.8, 4) is 0 Å². The third-order valence-electron chi connectivity index (χ3n) is 3.36. The number of aryl methyl sites for hydroxylation is 1. The van der Waals surface area contributed by atoms with Crippen LogP contribution in [0, 0.1) is 6.92 Å². The van der Waals surface area contributed by atoms with Crippen LogP contribution in [0.2, 0.25) is 0 Å². The fraction of sp³-hybridized carbons (Fsp3) is 0.467. The minimum Gasteiger partial charge on any atom is -0.481 e. The lowest BCUT2D eigenvalue weighted by atomic mass is 10.1. The van der Waals surface area contributed by atoms with Gasteiger partial charge in [0.15, 0.2) is 5.16 Å². The van der Waals surface area contributed by atoms with Crippen molar-refractivity contribution in [2.75, 3.05) is 12.9 Å². The summed E-state index contributed by atoms with van der Waals surface area (Å²) in [5.41, 5.74) is 2.65. The lowest BCUT2D eigenvalue weighted by molar-refractivity contribution is -0.133. The van der Waals surface area contributed by atoms with Gasteiger partial charge in [0.05, 0.1) is 28.9 Å². The molecule has 0 spiro atoms. The number of para-hydroxylation sites is 1.